The number of likely N-dealkylation sites (N-methyl/N-ethyl adjacent to an activating group) is 1. The molecule has 2 amide bonds. The number of rotatable bonds is 6. The lowest BCUT2D eigenvalue weighted by molar-refractivity contribution is -0.122. The second kappa shape index (κ2) is 8.68. The van der Waals surface area contributed by atoms with Crippen molar-refractivity contribution in [2.45, 2.75) is 45.6 Å². The van der Waals surface area contributed by atoms with Crippen LogP contribution in [0.15, 0.2) is 30.5 Å². The van der Waals surface area contributed by atoms with Gasteiger partial charge in [-0.05, 0) is 44.4 Å². The van der Waals surface area contributed by atoms with E-state index < -0.39 is 17.5 Å². The number of amides is 2. The van der Waals surface area contributed by atoms with Crippen LogP contribution in [0.25, 0.3) is 0 Å². The molecule has 1 atom stereocenters. The zero-order chi connectivity index (χ0) is 21.1. The third-order valence-corrected chi connectivity index (χ3v) is 5.61. The Hall–Kier alpha value is -2.83. The van der Waals surface area contributed by atoms with E-state index in [1.165, 1.54) is 4.90 Å². The predicted octanol–water partition coefficient (Wildman–Crippen LogP) is 4.11. The average Bonchev–Trinajstić information content (AvgIpc) is 2.63. The molecule has 2 aromatic rings. The molecule has 5 nitrogen and oxygen atoms in total. The predicted molar refractivity (Wildman–Crippen MR) is 107 cm³/mol. The van der Waals surface area contributed by atoms with Crippen molar-refractivity contribution in [1.82, 2.24) is 9.88 Å². The van der Waals surface area contributed by atoms with E-state index in [2.05, 4.69) is 10.3 Å². The first-order valence-corrected chi connectivity index (χ1v) is 9.75. The van der Waals surface area contributed by atoms with Gasteiger partial charge in [-0.25, -0.2) is 8.78 Å². The maximum absolute atomic E-state index is 14.4. The third-order valence-electron chi connectivity index (χ3n) is 5.61. The van der Waals surface area contributed by atoms with Gasteiger partial charge < -0.3 is 10.2 Å². The molecule has 7 heteroatoms. The minimum absolute atomic E-state index is 0.150. The number of hydrogen-bond acceptors (Lipinski definition) is 3. The fourth-order valence-corrected chi connectivity index (χ4v) is 3.25. The molecule has 1 unspecified atom stereocenters. The van der Waals surface area contributed by atoms with Crippen LogP contribution in [0.1, 0.15) is 47.8 Å². The van der Waals surface area contributed by atoms with E-state index in [9.17, 15) is 18.4 Å². The number of hydrogen-bond donors (Lipinski definition) is 1. The smallest absolute Gasteiger partial charge is 0.256 e. The van der Waals surface area contributed by atoms with E-state index in [1.54, 1.807) is 13.2 Å². The molecule has 0 spiro atoms. The molecule has 1 N–H and O–H groups in total. The van der Waals surface area contributed by atoms with Crippen LogP contribution in [0.5, 0.6) is 0 Å². The number of carbonyl (C=O) groups excluding carboxylic acids is 2. The Morgan fingerprint density at radius 1 is 1.28 bits per heavy atom. The summed E-state index contributed by atoms with van der Waals surface area (Å²) < 4.78 is 28.5. The summed E-state index contributed by atoms with van der Waals surface area (Å²) in [6.45, 7) is 3.78. The van der Waals surface area contributed by atoms with Crippen molar-refractivity contribution in [1.29, 1.82) is 0 Å². The summed E-state index contributed by atoms with van der Waals surface area (Å²) in [4.78, 5) is 30.7. The highest BCUT2D eigenvalue weighted by molar-refractivity contribution is 5.98. The Labute approximate surface area is 169 Å². The van der Waals surface area contributed by atoms with Crippen LogP contribution in [0.2, 0.25) is 0 Å². The molecule has 1 aromatic carbocycles. The summed E-state index contributed by atoms with van der Waals surface area (Å²) >= 11 is 0. The Morgan fingerprint density at radius 3 is 2.62 bits per heavy atom. The van der Waals surface area contributed by atoms with E-state index in [0.29, 0.717) is 12.5 Å². The second-order valence-corrected chi connectivity index (χ2v) is 7.67. The largest absolute Gasteiger partial charge is 0.339 e. The topological polar surface area (TPSA) is 62.3 Å². The maximum Gasteiger partial charge on any atom is 0.256 e. The number of carbonyl (C=O) groups is 2. The van der Waals surface area contributed by atoms with Crippen LogP contribution < -0.4 is 5.32 Å². The van der Waals surface area contributed by atoms with Crippen LogP contribution in [0.3, 0.4) is 0 Å². The van der Waals surface area contributed by atoms with Gasteiger partial charge in [0.15, 0.2) is 0 Å². The van der Waals surface area contributed by atoms with Crippen molar-refractivity contribution >= 4 is 17.5 Å². The lowest BCUT2D eigenvalue weighted by Gasteiger charge is -2.26. The van der Waals surface area contributed by atoms with Gasteiger partial charge in [-0.2, -0.15) is 0 Å². The van der Waals surface area contributed by atoms with E-state index in [0.717, 1.165) is 36.6 Å². The zero-order valence-electron chi connectivity index (χ0n) is 16.8. The van der Waals surface area contributed by atoms with Crippen molar-refractivity contribution in [3.05, 3.63) is 58.9 Å². The minimum Gasteiger partial charge on any atom is -0.339 e. The number of nitrogens with zero attached hydrogens (tertiary/aromatic N) is 2. The highest BCUT2D eigenvalue weighted by atomic mass is 19.1. The zero-order valence-corrected chi connectivity index (χ0v) is 16.8. The normalized spacial score (nSPS) is 14.8. The fourth-order valence-electron chi connectivity index (χ4n) is 3.25. The molecule has 1 aromatic heterocycles. The first-order chi connectivity index (χ1) is 13.8. The van der Waals surface area contributed by atoms with Gasteiger partial charge in [0.05, 0.1) is 11.3 Å². The number of benzene rings is 1. The number of nitrogens with one attached hydrogen (secondary N) is 1. The molecule has 29 heavy (non-hydrogen) atoms. The summed E-state index contributed by atoms with van der Waals surface area (Å²) in [7, 11) is 1.57. The number of aryl methyl sites for hydroxylation is 1. The monoisotopic (exact) mass is 401 g/mol. The van der Waals surface area contributed by atoms with Crippen molar-refractivity contribution in [2.75, 3.05) is 12.4 Å². The molecular formula is C22H25F2N3O2. The molecule has 1 fully saturated rings. The molecule has 1 aliphatic carbocycles. The molecule has 1 saturated carbocycles. The van der Waals surface area contributed by atoms with E-state index in [1.807, 2.05) is 26.0 Å². The van der Waals surface area contributed by atoms with Crippen LogP contribution in [0.4, 0.5) is 14.5 Å². The van der Waals surface area contributed by atoms with Gasteiger partial charge >= 0.3 is 0 Å². The molecule has 0 radical (unpaired) electrons. The summed E-state index contributed by atoms with van der Waals surface area (Å²) in [6, 6.07) is 5.25. The highest BCUT2D eigenvalue weighted by Gasteiger charge is 2.27. The van der Waals surface area contributed by atoms with Crippen LogP contribution >= 0.6 is 0 Å². The van der Waals surface area contributed by atoms with Crippen molar-refractivity contribution < 1.29 is 18.4 Å². The van der Waals surface area contributed by atoms with Crippen LogP contribution in [0, 0.1) is 24.5 Å². The average molecular weight is 401 g/mol. The van der Waals surface area contributed by atoms with Crippen molar-refractivity contribution in [2.24, 2.45) is 5.92 Å². The summed E-state index contributed by atoms with van der Waals surface area (Å²) in [5.74, 6) is -2.88. The van der Waals surface area contributed by atoms with Gasteiger partial charge in [0, 0.05) is 43.4 Å². The SMILES string of the molecule is Cc1cccnc1CC(C)N(C)C(=O)c1cc(NC(=O)C2CCC2)c(F)cc1F. The van der Waals surface area contributed by atoms with Gasteiger partial charge in [0.1, 0.15) is 11.6 Å². The fraction of sp³-hybridized carbons (Fsp3) is 0.409. The van der Waals surface area contributed by atoms with E-state index in [4.69, 9.17) is 0 Å². The van der Waals surface area contributed by atoms with Gasteiger partial charge in [0.25, 0.3) is 5.91 Å². The Morgan fingerprint density at radius 2 is 2.00 bits per heavy atom. The number of anilines is 1. The Kier molecular flexibility index (Phi) is 6.25. The molecule has 154 valence electrons. The number of pyridine rings is 1. The Bertz CT molecular complexity index is 928. The standard InChI is InChI=1S/C22H25F2N3O2/c1-13-6-5-9-25-19(13)10-14(2)27(3)22(29)16-11-20(18(24)12-17(16)23)26-21(28)15-7-4-8-15/h5-6,9,11-12,14-15H,4,7-8,10H2,1-3H3,(H,26,28). The van der Waals surface area contributed by atoms with E-state index >= 15 is 0 Å². The number of halogens is 2. The first kappa shape index (κ1) is 20.9. The quantitative estimate of drug-likeness (QED) is 0.792. The van der Waals surface area contributed by atoms with Gasteiger partial charge in [-0.15, -0.1) is 0 Å². The van der Waals surface area contributed by atoms with Crippen molar-refractivity contribution in [3.8, 4) is 0 Å². The molecule has 1 heterocycles. The van der Waals surface area contributed by atoms with Gasteiger partial charge in [-0.3, -0.25) is 14.6 Å². The number of aromatic nitrogens is 1. The lowest BCUT2D eigenvalue weighted by Crippen LogP contribution is -2.37. The molecule has 0 bridgehead atoms. The molecule has 0 saturated heterocycles. The summed E-state index contributed by atoms with van der Waals surface area (Å²) in [5.41, 5.74) is 1.41. The molecule has 0 aliphatic heterocycles. The summed E-state index contributed by atoms with van der Waals surface area (Å²) in [5, 5.41) is 2.49. The first-order valence-electron chi connectivity index (χ1n) is 9.75. The highest BCUT2D eigenvalue weighted by Crippen LogP contribution is 2.29. The maximum atomic E-state index is 14.4. The van der Waals surface area contributed by atoms with Gasteiger partial charge in [-0.1, -0.05) is 12.5 Å². The Balaban J connectivity index is 1.77. The lowest BCUT2D eigenvalue weighted by atomic mass is 9.85. The molecule has 3 rings (SSSR count). The van der Waals surface area contributed by atoms with Gasteiger partial charge in [0.2, 0.25) is 5.91 Å². The molecular weight excluding hydrogens is 376 g/mol. The molecule has 1 aliphatic rings. The summed E-state index contributed by atoms with van der Waals surface area (Å²) in [6.07, 6.45) is 4.67. The van der Waals surface area contributed by atoms with Crippen molar-refractivity contribution in [3.63, 3.8) is 0 Å². The third kappa shape index (κ3) is 4.60. The van der Waals surface area contributed by atoms with Crippen LogP contribution in [-0.4, -0.2) is 34.8 Å². The minimum atomic E-state index is -0.956. The van der Waals surface area contributed by atoms with Crippen LogP contribution in [-0.2, 0) is 11.2 Å². The second-order valence-electron chi connectivity index (χ2n) is 7.67. The van der Waals surface area contributed by atoms with E-state index in [-0.39, 0.29) is 29.1 Å².